The molecule has 5 heteroatoms. The molecule has 1 aliphatic rings. The minimum atomic E-state index is -0.130. The zero-order valence-electron chi connectivity index (χ0n) is 13.1. The molecule has 1 N–H and O–H groups in total. The molecule has 22 heavy (non-hydrogen) atoms. The van der Waals surface area contributed by atoms with Crippen LogP contribution in [0.4, 0.5) is 0 Å². The van der Waals surface area contributed by atoms with Gasteiger partial charge >= 0.3 is 0 Å². The van der Waals surface area contributed by atoms with Crippen LogP contribution in [0, 0.1) is 5.92 Å². The molecule has 1 aliphatic heterocycles. The second-order valence-corrected chi connectivity index (χ2v) is 5.57. The van der Waals surface area contributed by atoms with Crippen molar-refractivity contribution in [3.63, 3.8) is 0 Å². The summed E-state index contributed by atoms with van der Waals surface area (Å²) in [6.45, 7) is 4.93. The highest BCUT2D eigenvalue weighted by molar-refractivity contribution is 5.94. The number of ether oxygens (including phenoxy) is 1. The van der Waals surface area contributed by atoms with Crippen LogP contribution in [0.3, 0.4) is 0 Å². The molecule has 2 rings (SSSR count). The number of carbonyl (C=O) groups excluding carboxylic acids is 2. The Morgan fingerprint density at radius 1 is 1.55 bits per heavy atom. The quantitative estimate of drug-likeness (QED) is 0.813. The van der Waals surface area contributed by atoms with E-state index < -0.39 is 0 Å². The summed E-state index contributed by atoms with van der Waals surface area (Å²) in [6, 6.07) is 5.36. The third kappa shape index (κ3) is 3.67. The summed E-state index contributed by atoms with van der Waals surface area (Å²) in [4.78, 5) is 25.4. The van der Waals surface area contributed by atoms with E-state index in [-0.39, 0.29) is 17.7 Å². The number of rotatable bonds is 6. The van der Waals surface area contributed by atoms with Gasteiger partial charge in [-0.2, -0.15) is 0 Å². The van der Waals surface area contributed by atoms with Gasteiger partial charge in [-0.05, 0) is 30.2 Å². The largest absolute Gasteiger partial charge is 0.496 e. The fraction of sp³-hybridized carbons (Fsp3) is 0.412. The number of hydrogen-bond donors (Lipinski definition) is 1. The molecule has 118 valence electrons. The first-order valence-corrected chi connectivity index (χ1v) is 7.35. The number of allylic oxidation sites excluding steroid dienone is 1. The maximum absolute atomic E-state index is 12.2. The monoisotopic (exact) mass is 302 g/mol. The van der Waals surface area contributed by atoms with Gasteiger partial charge in [0.25, 0.3) is 5.91 Å². The molecular weight excluding hydrogens is 280 g/mol. The number of nitrogens with zero attached hydrogens (tertiary/aromatic N) is 1. The lowest BCUT2D eigenvalue weighted by atomic mass is 10.1. The number of hydrogen-bond acceptors (Lipinski definition) is 3. The van der Waals surface area contributed by atoms with Gasteiger partial charge < -0.3 is 15.0 Å². The lowest BCUT2D eigenvalue weighted by Gasteiger charge is -2.13. The van der Waals surface area contributed by atoms with Gasteiger partial charge in [-0.1, -0.05) is 6.08 Å². The number of benzene rings is 1. The number of carbonyl (C=O) groups is 2. The SMILES string of the molecule is C=CCc1cc(C(=O)NCC2CC(=O)N(C)C2)ccc1OC. The predicted molar refractivity (Wildman–Crippen MR) is 85.0 cm³/mol. The maximum Gasteiger partial charge on any atom is 0.251 e. The van der Waals surface area contributed by atoms with Crippen LogP contribution in [-0.4, -0.2) is 44.0 Å². The van der Waals surface area contributed by atoms with Crippen molar-refractivity contribution in [3.8, 4) is 5.75 Å². The molecule has 1 aromatic carbocycles. The Morgan fingerprint density at radius 2 is 2.32 bits per heavy atom. The van der Waals surface area contributed by atoms with Crippen molar-refractivity contribution in [2.24, 2.45) is 5.92 Å². The number of methoxy groups -OCH3 is 1. The van der Waals surface area contributed by atoms with Crippen LogP contribution < -0.4 is 10.1 Å². The van der Waals surface area contributed by atoms with Gasteiger partial charge in [0.05, 0.1) is 7.11 Å². The summed E-state index contributed by atoms with van der Waals surface area (Å²) in [5.41, 5.74) is 1.52. The zero-order chi connectivity index (χ0) is 16.1. The third-order valence-corrected chi connectivity index (χ3v) is 3.88. The van der Waals surface area contributed by atoms with E-state index in [2.05, 4.69) is 11.9 Å². The van der Waals surface area contributed by atoms with Gasteiger partial charge in [0.1, 0.15) is 5.75 Å². The molecule has 0 radical (unpaired) electrons. The molecule has 1 heterocycles. The van der Waals surface area contributed by atoms with E-state index in [0.717, 1.165) is 11.3 Å². The lowest BCUT2D eigenvalue weighted by molar-refractivity contribution is -0.126. The molecule has 0 aromatic heterocycles. The fourth-order valence-electron chi connectivity index (χ4n) is 2.67. The molecule has 1 unspecified atom stereocenters. The molecule has 2 amide bonds. The van der Waals surface area contributed by atoms with Crippen molar-refractivity contribution in [2.75, 3.05) is 27.2 Å². The van der Waals surface area contributed by atoms with E-state index in [1.807, 2.05) is 6.07 Å². The highest BCUT2D eigenvalue weighted by atomic mass is 16.5. The van der Waals surface area contributed by atoms with Gasteiger partial charge in [-0.25, -0.2) is 0 Å². The first-order chi connectivity index (χ1) is 10.5. The maximum atomic E-state index is 12.2. The molecule has 1 saturated heterocycles. The second-order valence-electron chi connectivity index (χ2n) is 5.57. The molecule has 0 bridgehead atoms. The van der Waals surface area contributed by atoms with E-state index >= 15 is 0 Å². The summed E-state index contributed by atoms with van der Waals surface area (Å²) >= 11 is 0. The first kappa shape index (κ1) is 16.1. The van der Waals surface area contributed by atoms with Crippen LogP contribution in [-0.2, 0) is 11.2 Å². The summed E-state index contributed by atoms with van der Waals surface area (Å²) < 4.78 is 5.27. The predicted octanol–water partition coefficient (Wildman–Crippen LogP) is 1.63. The second kappa shape index (κ2) is 7.11. The van der Waals surface area contributed by atoms with E-state index in [1.165, 1.54) is 0 Å². The number of nitrogens with one attached hydrogen (secondary N) is 1. The molecule has 5 nitrogen and oxygen atoms in total. The molecule has 1 aromatic rings. The summed E-state index contributed by atoms with van der Waals surface area (Å²) in [7, 11) is 3.39. The number of amides is 2. The molecular formula is C17H22N2O3. The minimum Gasteiger partial charge on any atom is -0.496 e. The third-order valence-electron chi connectivity index (χ3n) is 3.88. The van der Waals surface area contributed by atoms with Crippen LogP contribution in [0.25, 0.3) is 0 Å². The highest BCUT2D eigenvalue weighted by Gasteiger charge is 2.26. The Kier molecular flexibility index (Phi) is 5.20. The van der Waals surface area contributed by atoms with Crippen molar-refractivity contribution in [2.45, 2.75) is 12.8 Å². The Balaban J connectivity index is 1.99. The van der Waals surface area contributed by atoms with Crippen molar-refractivity contribution in [1.29, 1.82) is 0 Å². The van der Waals surface area contributed by atoms with Crippen LogP contribution >= 0.6 is 0 Å². The van der Waals surface area contributed by atoms with Gasteiger partial charge in [-0.3, -0.25) is 9.59 Å². The Labute approximate surface area is 130 Å². The zero-order valence-corrected chi connectivity index (χ0v) is 13.1. The van der Waals surface area contributed by atoms with E-state index in [9.17, 15) is 9.59 Å². The van der Waals surface area contributed by atoms with E-state index in [4.69, 9.17) is 4.74 Å². The average Bonchev–Trinajstić information content (AvgIpc) is 2.83. The van der Waals surface area contributed by atoms with Crippen molar-refractivity contribution in [3.05, 3.63) is 42.0 Å². The van der Waals surface area contributed by atoms with Crippen LogP contribution in [0.15, 0.2) is 30.9 Å². The standard InChI is InChI=1S/C17H22N2O3/c1-4-5-13-9-14(6-7-15(13)22-3)17(21)18-10-12-8-16(20)19(2)11-12/h4,6-7,9,12H,1,5,8,10-11H2,2-3H3,(H,18,21). The molecule has 0 spiro atoms. The van der Waals surface area contributed by atoms with Crippen LogP contribution in [0.2, 0.25) is 0 Å². The van der Waals surface area contributed by atoms with Gasteiger partial charge in [0.2, 0.25) is 5.91 Å². The summed E-state index contributed by atoms with van der Waals surface area (Å²) in [5.74, 6) is 0.943. The van der Waals surface area contributed by atoms with E-state index in [0.29, 0.717) is 31.5 Å². The van der Waals surface area contributed by atoms with Crippen molar-refractivity contribution >= 4 is 11.8 Å². The Morgan fingerprint density at radius 3 is 2.91 bits per heavy atom. The Hall–Kier alpha value is -2.30. The lowest BCUT2D eigenvalue weighted by Crippen LogP contribution is -2.30. The van der Waals surface area contributed by atoms with Crippen molar-refractivity contribution < 1.29 is 14.3 Å². The molecule has 1 fully saturated rings. The first-order valence-electron chi connectivity index (χ1n) is 7.35. The summed E-state index contributed by atoms with van der Waals surface area (Å²) in [5, 5.41) is 2.90. The van der Waals surface area contributed by atoms with Gasteiger partial charge in [0, 0.05) is 38.0 Å². The van der Waals surface area contributed by atoms with Gasteiger partial charge in [0.15, 0.2) is 0 Å². The fourth-order valence-corrected chi connectivity index (χ4v) is 2.67. The topological polar surface area (TPSA) is 58.6 Å². The van der Waals surface area contributed by atoms with Crippen LogP contribution in [0.5, 0.6) is 5.75 Å². The molecule has 0 saturated carbocycles. The highest BCUT2D eigenvalue weighted by Crippen LogP contribution is 2.21. The van der Waals surface area contributed by atoms with Crippen molar-refractivity contribution in [1.82, 2.24) is 10.2 Å². The normalized spacial score (nSPS) is 17.5. The summed E-state index contributed by atoms with van der Waals surface area (Å²) in [6.07, 6.45) is 2.92. The van der Waals surface area contributed by atoms with Crippen LogP contribution in [0.1, 0.15) is 22.3 Å². The number of likely N-dealkylation sites (tertiary alicyclic amines) is 1. The van der Waals surface area contributed by atoms with Gasteiger partial charge in [-0.15, -0.1) is 6.58 Å². The molecule has 0 aliphatic carbocycles. The molecule has 1 atom stereocenters. The Bertz CT molecular complexity index is 583. The minimum absolute atomic E-state index is 0.130. The van der Waals surface area contributed by atoms with E-state index in [1.54, 1.807) is 37.3 Å². The smallest absolute Gasteiger partial charge is 0.251 e. The average molecular weight is 302 g/mol.